The summed E-state index contributed by atoms with van der Waals surface area (Å²) in [7, 11) is -1.35. The Hall–Kier alpha value is -2.80. The fraction of sp³-hybridized carbons (Fsp3) is 0.250. The molecule has 8 nitrogen and oxygen atoms in total. The Balaban J connectivity index is 1.94. The molecule has 152 valence electrons. The number of hydrogen-bond acceptors (Lipinski definition) is 7. The summed E-state index contributed by atoms with van der Waals surface area (Å²) in [6, 6.07) is 14.4. The van der Waals surface area contributed by atoms with Gasteiger partial charge in [-0.1, -0.05) is 35.4 Å². The maximum absolute atomic E-state index is 13.1. The molecule has 0 saturated carbocycles. The zero-order valence-corrected chi connectivity index (χ0v) is 17.5. The highest BCUT2D eigenvalue weighted by atomic mass is 31.2. The standard InChI is InChI=1S/C20H22N3O5P/c1-13-5-9-15(10-6-13)17(24)21-20(29(25,26-3)27-4)19-23-22-18(28-19)16-11-7-14(2)8-12-16/h5-12,20H,1-4H3,(H,21,24)/t20-/m1/s1. The van der Waals surface area contributed by atoms with Gasteiger partial charge in [-0.25, -0.2) is 0 Å². The molecule has 29 heavy (non-hydrogen) atoms. The van der Waals surface area contributed by atoms with Crippen molar-refractivity contribution in [3.05, 3.63) is 71.1 Å². The van der Waals surface area contributed by atoms with Crippen molar-refractivity contribution in [3.8, 4) is 11.5 Å². The van der Waals surface area contributed by atoms with Crippen LogP contribution in [0.4, 0.5) is 0 Å². The zero-order chi connectivity index (χ0) is 21.0. The Morgan fingerprint density at radius 1 is 0.966 bits per heavy atom. The molecule has 3 aromatic rings. The van der Waals surface area contributed by atoms with Gasteiger partial charge in [0.25, 0.3) is 11.8 Å². The Bertz CT molecular complexity index is 1020. The van der Waals surface area contributed by atoms with Gasteiger partial charge in [-0.3, -0.25) is 9.36 Å². The highest BCUT2D eigenvalue weighted by Crippen LogP contribution is 2.58. The smallest absolute Gasteiger partial charge is 0.361 e. The summed E-state index contributed by atoms with van der Waals surface area (Å²) in [6.07, 6.45) is 0. The van der Waals surface area contributed by atoms with Crippen LogP contribution in [0.25, 0.3) is 11.5 Å². The van der Waals surface area contributed by atoms with E-state index in [0.29, 0.717) is 11.1 Å². The molecular weight excluding hydrogens is 393 g/mol. The van der Waals surface area contributed by atoms with E-state index in [2.05, 4.69) is 15.5 Å². The molecule has 0 saturated heterocycles. The lowest BCUT2D eigenvalue weighted by Crippen LogP contribution is -2.29. The van der Waals surface area contributed by atoms with E-state index in [1.165, 1.54) is 14.2 Å². The Labute approximate surface area is 168 Å². The summed E-state index contributed by atoms with van der Waals surface area (Å²) in [4.78, 5) is 12.7. The van der Waals surface area contributed by atoms with Crippen LogP contribution in [0.2, 0.25) is 0 Å². The lowest BCUT2D eigenvalue weighted by atomic mass is 10.1. The molecule has 0 spiro atoms. The third-order valence-corrected chi connectivity index (χ3v) is 6.38. The quantitative estimate of drug-likeness (QED) is 0.575. The van der Waals surface area contributed by atoms with Gasteiger partial charge in [0.2, 0.25) is 11.7 Å². The van der Waals surface area contributed by atoms with E-state index in [9.17, 15) is 9.36 Å². The molecule has 0 aliphatic rings. The van der Waals surface area contributed by atoms with Crippen molar-refractivity contribution < 1.29 is 22.8 Å². The van der Waals surface area contributed by atoms with Crippen molar-refractivity contribution in [2.24, 2.45) is 0 Å². The van der Waals surface area contributed by atoms with Gasteiger partial charge in [-0.05, 0) is 38.1 Å². The van der Waals surface area contributed by atoms with Crippen LogP contribution in [0.3, 0.4) is 0 Å². The lowest BCUT2D eigenvalue weighted by Gasteiger charge is -2.22. The third kappa shape index (κ3) is 4.62. The second-order valence-corrected chi connectivity index (χ2v) is 8.78. The number of carbonyl (C=O) groups is 1. The average Bonchev–Trinajstić information content (AvgIpc) is 3.22. The molecule has 1 amide bonds. The Kier molecular flexibility index (Phi) is 6.27. The zero-order valence-electron chi connectivity index (χ0n) is 16.6. The van der Waals surface area contributed by atoms with Crippen LogP contribution >= 0.6 is 7.60 Å². The largest absolute Gasteiger partial charge is 0.418 e. The second kappa shape index (κ2) is 8.69. The number of aromatic nitrogens is 2. The number of amides is 1. The fourth-order valence-corrected chi connectivity index (χ4v) is 3.85. The van der Waals surface area contributed by atoms with Crippen LogP contribution in [0.1, 0.15) is 33.2 Å². The number of carbonyl (C=O) groups excluding carboxylic acids is 1. The summed E-state index contributed by atoms with van der Waals surface area (Å²) in [5, 5.41) is 10.6. The van der Waals surface area contributed by atoms with Gasteiger partial charge >= 0.3 is 7.60 Å². The molecule has 1 heterocycles. The van der Waals surface area contributed by atoms with E-state index in [1.54, 1.807) is 24.3 Å². The van der Waals surface area contributed by atoms with E-state index in [1.807, 2.05) is 38.1 Å². The van der Waals surface area contributed by atoms with Gasteiger partial charge in [0.05, 0.1) is 0 Å². The van der Waals surface area contributed by atoms with Crippen molar-refractivity contribution in [2.45, 2.75) is 19.6 Å². The first-order valence-corrected chi connectivity index (χ1v) is 10.5. The van der Waals surface area contributed by atoms with Gasteiger partial charge in [0.15, 0.2) is 0 Å². The van der Waals surface area contributed by atoms with E-state index in [0.717, 1.165) is 11.1 Å². The molecule has 0 unspecified atom stereocenters. The molecule has 0 aliphatic heterocycles. The molecule has 2 aromatic carbocycles. The highest BCUT2D eigenvalue weighted by molar-refractivity contribution is 7.54. The fourth-order valence-electron chi connectivity index (χ4n) is 2.63. The van der Waals surface area contributed by atoms with E-state index in [4.69, 9.17) is 13.5 Å². The summed E-state index contributed by atoms with van der Waals surface area (Å²) in [5.41, 5.74) is 3.18. The maximum atomic E-state index is 13.1. The van der Waals surface area contributed by atoms with Gasteiger partial charge in [-0.2, -0.15) is 0 Å². The average molecular weight is 415 g/mol. The predicted molar refractivity (Wildman–Crippen MR) is 107 cm³/mol. The molecular formula is C20H22N3O5P. The third-order valence-electron chi connectivity index (χ3n) is 4.38. The SMILES string of the molecule is COP(=O)(OC)[C@@H](NC(=O)c1ccc(C)cc1)c1nnc(-c2ccc(C)cc2)o1. The van der Waals surface area contributed by atoms with Gasteiger partial charge in [0.1, 0.15) is 0 Å². The lowest BCUT2D eigenvalue weighted by molar-refractivity contribution is 0.0935. The molecule has 0 aliphatic carbocycles. The van der Waals surface area contributed by atoms with Crippen molar-refractivity contribution in [2.75, 3.05) is 14.2 Å². The van der Waals surface area contributed by atoms with Crippen LogP contribution < -0.4 is 5.32 Å². The van der Waals surface area contributed by atoms with Gasteiger partial charge in [-0.15, -0.1) is 10.2 Å². The maximum Gasteiger partial charge on any atom is 0.361 e. The minimum Gasteiger partial charge on any atom is -0.418 e. The van der Waals surface area contributed by atoms with Crippen molar-refractivity contribution in [1.82, 2.24) is 15.5 Å². The van der Waals surface area contributed by atoms with Crippen LogP contribution in [-0.4, -0.2) is 30.3 Å². The van der Waals surface area contributed by atoms with Crippen molar-refractivity contribution in [1.29, 1.82) is 0 Å². The van der Waals surface area contributed by atoms with E-state index >= 15 is 0 Å². The normalized spacial score (nSPS) is 12.6. The van der Waals surface area contributed by atoms with Crippen LogP contribution in [0.5, 0.6) is 0 Å². The minimum atomic E-state index is -3.81. The first-order chi connectivity index (χ1) is 13.9. The van der Waals surface area contributed by atoms with E-state index in [-0.39, 0.29) is 11.8 Å². The van der Waals surface area contributed by atoms with Crippen LogP contribution in [-0.2, 0) is 13.6 Å². The number of nitrogens with one attached hydrogen (secondary N) is 1. The first-order valence-electron chi connectivity index (χ1n) is 8.85. The summed E-state index contributed by atoms with van der Waals surface area (Å²) >= 11 is 0. The van der Waals surface area contributed by atoms with Gasteiger partial charge < -0.3 is 18.8 Å². The topological polar surface area (TPSA) is 104 Å². The Morgan fingerprint density at radius 2 is 1.52 bits per heavy atom. The molecule has 1 atom stereocenters. The van der Waals surface area contributed by atoms with Crippen LogP contribution in [0.15, 0.2) is 52.9 Å². The second-order valence-electron chi connectivity index (χ2n) is 6.46. The summed E-state index contributed by atoms with van der Waals surface area (Å²) < 4.78 is 28.9. The minimum absolute atomic E-state index is 0.0759. The van der Waals surface area contributed by atoms with Crippen LogP contribution in [0, 0.1) is 13.8 Å². The monoisotopic (exact) mass is 415 g/mol. The predicted octanol–water partition coefficient (Wildman–Crippen LogP) is 4.27. The molecule has 1 aromatic heterocycles. The number of aryl methyl sites for hydroxylation is 2. The molecule has 9 heteroatoms. The van der Waals surface area contributed by atoms with Crippen molar-refractivity contribution >= 4 is 13.5 Å². The molecule has 0 fully saturated rings. The van der Waals surface area contributed by atoms with Gasteiger partial charge in [0, 0.05) is 25.3 Å². The number of benzene rings is 2. The van der Waals surface area contributed by atoms with E-state index < -0.39 is 19.3 Å². The highest BCUT2D eigenvalue weighted by Gasteiger charge is 2.41. The molecule has 3 rings (SSSR count). The molecule has 1 N–H and O–H groups in total. The number of rotatable bonds is 7. The van der Waals surface area contributed by atoms with Crippen molar-refractivity contribution in [3.63, 3.8) is 0 Å². The molecule has 0 radical (unpaired) electrons. The first kappa shape index (κ1) is 20.9. The summed E-state index contributed by atoms with van der Waals surface area (Å²) in [6.45, 7) is 3.88. The number of hydrogen-bond donors (Lipinski definition) is 1. The Morgan fingerprint density at radius 3 is 2.07 bits per heavy atom. The number of nitrogens with zero attached hydrogens (tertiary/aromatic N) is 2. The summed E-state index contributed by atoms with van der Waals surface area (Å²) in [5.74, 6) is -1.58. The molecule has 0 bridgehead atoms.